The number of carbonyl (C=O) groups is 2. The number of hydrogen-bond acceptors (Lipinski definition) is 4. The summed E-state index contributed by atoms with van der Waals surface area (Å²) in [6.45, 7) is 1.38. The van der Waals surface area contributed by atoms with Gasteiger partial charge >= 0.3 is 5.97 Å². The van der Waals surface area contributed by atoms with Crippen LogP contribution in [-0.4, -0.2) is 44.8 Å². The molecule has 116 valence electrons. The predicted octanol–water partition coefficient (Wildman–Crippen LogP) is 2.05. The van der Waals surface area contributed by atoms with Crippen molar-refractivity contribution in [3.8, 4) is 0 Å². The SMILES string of the molecule is O=C(O)c1cnn(C2CCN(C(=O)Cc3cccs3)CC2)c1. The monoisotopic (exact) mass is 319 g/mol. The topological polar surface area (TPSA) is 75.4 Å². The van der Waals surface area contributed by atoms with Crippen LogP contribution in [0.5, 0.6) is 0 Å². The van der Waals surface area contributed by atoms with Crippen LogP contribution in [0, 0.1) is 0 Å². The summed E-state index contributed by atoms with van der Waals surface area (Å²) in [4.78, 5) is 26.1. The highest BCUT2D eigenvalue weighted by molar-refractivity contribution is 7.10. The van der Waals surface area contributed by atoms with Gasteiger partial charge in [-0.15, -0.1) is 11.3 Å². The zero-order chi connectivity index (χ0) is 15.5. The minimum atomic E-state index is -0.963. The van der Waals surface area contributed by atoms with Crippen molar-refractivity contribution in [1.82, 2.24) is 14.7 Å². The number of carbonyl (C=O) groups excluding carboxylic acids is 1. The zero-order valence-corrected chi connectivity index (χ0v) is 12.8. The van der Waals surface area contributed by atoms with Crippen LogP contribution in [0.4, 0.5) is 0 Å². The Balaban J connectivity index is 1.55. The van der Waals surface area contributed by atoms with Crippen molar-refractivity contribution in [3.05, 3.63) is 40.3 Å². The van der Waals surface area contributed by atoms with E-state index < -0.39 is 5.97 Å². The van der Waals surface area contributed by atoms with Gasteiger partial charge in [-0.1, -0.05) is 6.07 Å². The summed E-state index contributed by atoms with van der Waals surface area (Å²) in [6, 6.07) is 4.10. The molecule has 1 amide bonds. The third-order valence-corrected chi connectivity index (χ3v) is 4.82. The van der Waals surface area contributed by atoms with E-state index in [0.29, 0.717) is 19.5 Å². The average molecular weight is 319 g/mol. The Morgan fingerprint density at radius 2 is 2.14 bits per heavy atom. The van der Waals surface area contributed by atoms with E-state index in [1.54, 1.807) is 22.2 Å². The summed E-state index contributed by atoms with van der Waals surface area (Å²) < 4.78 is 1.71. The highest BCUT2D eigenvalue weighted by atomic mass is 32.1. The Morgan fingerprint density at radius 1 is 1.36 bits per heavy atom. The van der Waals surface area contributed by atoms with Gasteiger partial charge in [0.05, 0.1) is 24.2 Å². The number of carboxylic acid groups (broad SMARTS) is 1. The summed E-state index contributed by atoms with van der Waals surface area (Å²) >= 11 is 1.60. The molecule has 0 radical (unpaired) electrons. The number of carboxylic acids is 1. The number of aromatic carboxylic acids is 1. The fourth-order valence-corrected chi connectivity index (χ4v) is 3.40. The smallest absolute Gasteiger partial charge is 0.338 e. The van der Waals surface area contributed by atoms with Crippen molar-refractivity contribution >= 4 is 23.2 Å². The van der Waals surface area contributed by atoms with Gasteiger partial charge in [-0.05, 0) is 24.3 Å². The predicted molar refractivity (Wildman–Crippen MR) is 82.1 cm³/mol. The Kier molecular flexibility index (Phi) is 4.24. The van der Waals surface area contributed by atoms with Crippen molar-refractivity contribution < 1.29 is 14.7 Å². The maximum absolute atomic E-state index is 12.2. The lowest BCUT2D eigenvalue weighted by atomic mass is 10.0. The van der Waals surface area contributed by atoms with E-state index in [2.05, 4.69) is 5.10 Å². The molecular weight excluding hydrogens is 302 g/mol. The quantitative estimate of drug-likeness (QED) is 0.936. The first kappa shape index (κ1) is 14.8. The number of rotatable bonds is 4. The summed E-state index contributed by atoms with van der Waals surface area (Å²) in [7, 11) is 0. The van der Waals surface area contributed by atoms with Crippen LogP contribution in [-0.2, 0) is 11.2 Å². The first-order valence-electron chi connectivity index (χ1n) is 7.21. The van der Waals surface area contributed by atoms with Gasteiger partial charge in [0.1, 0.15) is 0 Å². The fourth-order valence-electron chi connectivity index (χ4n) is 2.70. The number of aromatic nitrogens is 2. The van der Waals surface area contributed by atoms with Crippen molar-refractivity contribution in [2.75, 3.05) is 13.1 Å². The molecule has 1 aliphatic heterocycles. The average Bonchev–Trinajstić information content (AvgIpc) is 3.18. The third kappa shape index (κ3) is 3.19. The molecule has 1 aliphatic rings. The van der Waals surface area contributed by atoms with Gasteiger partial charge < -0.3 is 10.0 Å². The van der Waals surface area contributed by atoms with Crippen LogP contribution in [0.3, 0.4) is 0 Å². The third-order valence-electron chi connectivity index (χ3n) is 3.95. The first-order valence-corrected chi connectivity index (χ1v) is 8.09. The Labute approximate surface area is 132 Å². The molecule has 0 bridgehead atoms. The molecule has 0 atom stereocenters. The molecule has 3 heterocycles. The largest absolute Gasteiger partial charge is 0.478 e. The van der Waals surface area contributed by atoms with Gasteiger partial charge in [0.15, 0.2) is 0 Å². The van der Waals surface area contributed by atoms with Gasteiger partial charge in [-0.2, -0.15) is 5.10 Å². The number of thiophene rings is 1. The fraction of sp³-hybridized carbons (Fsp3) is 0.400. The van der Waals surface area contributed by atoms with Crippen LogP contribution >= 0.6 is 11.3 Å². The first-order chi connectivity index (χ1) is 10.6. The van der Waals surface area contributed by atoms with Gasteiger partial charge in [-0.3, -0.25) is 9.48 Å². The van der Waals surface area contributed by atoms with Gasteiger partial charge in [0.25, 0.3) is 0 Å². The summed E-state index contributed by atoms with van der Waals surface area (Å²) in [5.41, 5.74) is 0.205. The molecule has 0 saturated carbocycles. The van der Waals surface area contributed by atoms with Crippen LogP contribution in [0.1, 0.15) is 34.1 Å². The number of piperidine rings is 1. The molecule has 2 aromatic heterocycles. The van der Waals surface area contributed by atoms with E-state index in [9.17, 15) is 9.59 Å². The van der Waals surface area contributed by atoms with Gasteiger partial charge in [0.2, 0.25) is 5.91 Å². The molecular formula is C15H17N3O3S. The van der Waals surface area contributed by atoms with E-state index >= 15 is 0 Å². The summed E-state index contributed by atoms with van der Waals surface area (Å²) in [5, 5.41) is 15.0. The van der Waals surface area contributed by atoms with Crippen molar-refractivity contribution in [3.63, 3.8) is 0 Å². The molecule has 0 aliphatic carbocycles. The molecule has 0 spiro atoms. The van der Waals surface area contributed by atoms with Crippen molar-refractivity contribution in [1.29, 1.82) is 0 Å². The lowest BCUT2D eigenvalue weighted by Gasteiger charge is -2.32. The maximum atomic E-state index is 12.2. The normalized spacial score (nSPS) is 15.9. The second-order valence-electron chi connectivity index (χ2n) is 5.38. The molecule has 0 aromatic carbocycles. The minimum absolute atomic E-state index is 0.160. The van der Waals surface area contributed by atoms with Crippen molar-refractivity contribution in [2.45, 2.75) is 25.3 Å². The number of likely N-dealkylation sites (tertiary alicyclic amines) is 1. The summed E-state index contributed by atoms with van der Waals surface area (Å²) in [5.74, 6) is -0.803. The molecule has 1 fully saturated rings. The molecule has 2 aromatic rings. The highest BCUT2D eigenvalue weighted by Crippen LogP contribution is 2.23. The van der Waals surface area contributed by atoms with E-state index in [0.717, 1.165) is 17.7 Å². The van der Waals surface area contributed by atoms with Crippen LogP contribution in [0.25, 0.3) is 0 Å². The second kappa shape index (κ2) is 6.31. The number of amides is 1. The molecule has 22 heavy (non-hydrogen) atoms. The maximum Gasteiger partial charge on any atom is 0.338 e. The molecule has 1 saturated heterocycles. The molecule has 7 heteroatoms. The standard InChI is InChI=1S/C15H17N3O3S/c19-14(8-13-2-1-7-22-13)17-5-3-12(4-6-17)18-10-11(9-16-18)15(20)21/h1-2,7,9-10,12H,3-6,8H2,(H,20,21). The lowest BCUT2D eigenvalue weighted by molar-refractivity contribution is -0.131. The van der Waals surface area contributed by atoms with E-state index in [1.807, 2.05) is 22.4 Å². The Bertz CT molecular complexity index is 657. The molecule has 6 nitrogen and oxygen atoms in total. The van der Waals surface area contributed by atoms with E-state index in [1.165, 1.54) is 6.20 Å². The van der Waals surface area contributed by atoms with Gasteiger partial charge in [-0.25, -0.2) is 4.79 Å². The van der Waals surface area contributed by atoms with Gasteiger partial charge in [0, 0.05) is 24.2 Å². The van der Waals surface area contributed by atoms with E-state index in [4.69, 9.17) is 5.11 Å². The van der Waals surface area contributed by atoms with Crippen LogP contribution in [0.2, 0.25) is 0 Å². The van der Waals surface area contributed by atoms with Crippen LogP contribution in [0.15, 0.2) is 29.9 Å². The van der Waals surface area contributed by atoms with E-state index in [-0.39, 0.29) is 17.5 Å². The minimum Gasteiger partial charge on any atom is -0.478 e. The second-order valence-corrected chi connectivity index (χ2v) is 6.41. The molecule has 3 rings (SSSR count). The van der Waals surface area contributed by atoms with Crippen molar-refractivity contribution in [2.24, 2.45) is 0 Å². The number of hydrogen-bond donors (Lipinski definition) is 1. The Hall–Kier alpha value is -2.15. The van der Waals surface area contributed by atoms with Crippen LogP contribution < -0.4 is 0 Å². The zero-order valence-electron chi connectivity index (χ0n) is 12.0. The lowest BCUT2D eigenvalue weighted by Crippen LogP contribution is -2.39. The highest BCUT2D eigenvalue weighted by Gasteiger charge is 2.24. The summed E-state index contributed by atoms with van der Waals surface area (Å²) in [6.07, 6.45) is 5.01. The Morgan fingerprint density at radius 3 is 2.73 bits per heavy atom. The molecule has 1 N–H and O–H groups in total. The number of nitrogens with zero attached hydrogens (tertiary/aromatic N) is 3. The molecule has 0 unspecified atom stereocenters.